The SMILES string of the molecule is COc1ccc(CN2Cc3sc(NC(=O)C(=O)O)c(C(=O)O)c3CC2CNCCc2ccc3c(c2)oc2ccccc23)cc1. The van der Waals surface area contributed by atoms with Gasteiger partial charge in [-0.05, 0) is 60.3 Å². The Morgan fingerprint density at radius 1 is 1.00 bits per heavy atom. The molecule has 5 aromatic rings. The Morgan fingerprint density at radius 3 is 2.50 bits per heavy atom. The fourth-order valence-electron chi connectivity index (χ4n) is 5.78. The third kappa shape index (κ3) is 6.02. The van der Waals surface area contributed by atoms with Gasteiger partial charge in [0.1, 0.15) is 21.9 Å². The van der Waals surface area contributed by atoms with Crippen molar-refractivity contribution in [3.63, 3.8) is 0 Å². The molecular weight excluding hydrogens is 582 g/mol. The number of carbonyl (C=O) groups is 3. The summed E-state index contributed by atoms with van der Waals surface area (Å²) in [5, 5.41) is 27.2. The first-order valence-corrected chi connectivity index (χ1v) is 15.0. The number of rotatable bonds is 10. The quantitative estimate of drug-likeness (QED) is 0.125. The maximum atomic E-state index is 12.3. The molecule has 0 saturated carbocycles. The predicted molar refractivity (Wildman–Crippen MR) is 168 cm³/mol. The van der Waals surface area contributed by atoms with Crippen LogP contribution in [0.15, 0.2) is 71.1 Å². The molecule has 1 aliphatic rings. The fourth-order valence-corrected chi connectivity index (χ4v) is 7.03. The second-order valence-electron chi connectivity index (χ2n) is 10.8. The topological polar surface area (TPSA) is 141 Å². The van der Waals surface area contributed by atoms with Crippen LogP contribution in [-0.2, 0) is 35.5 Å². The van der Waals surface area contributed by atoms with Crippen LogP contribution < -0.4 is 15.4 Å². The van der Waals surface area contributed by atoms with Gasteiger partial charge in [0.05, 0.1) is 12.7 Å². The number of para-hydroxylation sites is 1. The van der Waals surface area contributed by atoms with E-state index in [-0.39, 0.29) is 16.6 Å². The van der Waals surface area contributed by atoms with Crippen molar-refractivity contribution >= 4 is 56.1 Å². The van der Waals surface area contributed by atoms with Gasteiger partial charge in [0.25, 0.3) is 0 Å². The number of ether oxygens (including phenoxy) is 1. The summed E-state index contributed by atoms with van der Waals surface area (Å²) in [6, 6.07) is 22.1. The van der Waals surface area contributed by atoms with Gasteiger partial charge >= 0.3 is 17.8 Å². The van der Waals surface area contributed by atoms with Crippen molar-refractivity contribution in [2.24, 2.45) is 0 Å². The zero-order chi connectivity index (χ0) is 30.8. The highest BCUT2D eigenvalue weighted by Gasteiger charge is 2.34. The first-order valence-electron chi connectivity index (χ1n) is 14.2. The number of nitrogens with zero attached hydrogens (tertiary/aromatic N) is 1. The normalized spacial score (nSPS) is 14.9. The molecule has 0 fully saturated rings. The van der Waals surface area contributed by atoms with Crippen molar-refractivity contribution in [2.45, 2.75) is 32.0 Å². The Bertz CT molecular complexity index is 1860. The molecule has 1 unspecified atom stereocenters. The number of aromatic carboxylic acids is 1. The molecule has 10 nitrogen and oxygen atoms in total. The lowest BCUT2D eigenvalue weighted by atomic mass is 9.95. The number of fused-ring (bicyclic) bond motifs is 4. The molecule has 0 bridgehead atoms. The predicted octanol–water partition coefficient (Wildman–Crippen LogP) is 5.14. The molecule has 11 heteroatoms. The van der Waals surface area contributed by atoms with Crippen molar-refractivity contribution < 1.29 is 33.8 Å². The Kier molecular flexibility index (Phi) is 8.34. The molecule has 1 aliphatic heterocycles. The fraction of sp³-hybridized carbons (Fsp3) is 0.242. The van der Waals surface area contributed by atoms with Gasteiger partial charge in [-0.3, -0.25) is 9.69 Å². The van der Waals surface area contributed by atoms with E-state index >= 15 is 0 Å². The number of carboxylic acids is 2. The molecule has 0 radical (unpaired) electrons. The molecular formula is C33H31N3O7S. The summed E-state index contributed by atoms with van der Waals surface area (Å²) in [5.74, 6) is -3.37. The molecule has 226 valence electrons. The number of aliphatic carboxylic acids is 1. The largest absolute Gasteiger partial charge is 0.497 e. The molecule has 44 heavy (non-hydrogen) atoms. The number of hydrogen-bond acceptors (Lipinski definition) is 8. The number of benzene rings is 3. The Labute approximate surface area is 256 Å². The first-order chi connectivity index (χ1) is 21.3. The van der Waals surface area contributed by atoms with E-state index in [1.165, 1.54) is 0 Å². The summed E-state index contributed by atoms with van der Waals surface area (Å²) in [7, 11) is 1.62. The smallest absolute Gasteiger partial charge is 0.394 e. The number of hydrogen-bond donors (Lipinski definition) is 4. The molecule has 0 spiro atoms. The van der Waals surface area contributed by atoms with Crippen LogP contribution >= 0.6 is 11.3 Å². The van der Waals surface area contributed by atoms with Crippen LogP contribution in [0.3, 0.4) is 0 Å². The van der Waals surface area contributed by atoms with Gasteiger partial charge in [-0.25, -0.2) is 9.59 Å². The number of carbonyl (C=O) groups excluding carboxylic acids is 1. The van der Waals surface area contributed by atoms with Gasteiger partial charge in [0.2, 0.25) is 0 Å². The van der Waals surface area contributed by atoms with E-state index in [9.17, 15) is 19.5 Å². The van der Waals surface area contributed by atoms with Crippen LogP contribution in [0.5, 0.6) is 5.75 Å². The maximum absolute atomic E-state index is 12.3. The minimum atomic E-state index is -1.67. The van der Waals surface area contributed by atoms with E-state index in [1.54, 1.807) is 7.11 Å². The maximum Gasteiger partial charge on any atom is 0.394 e. The summed E-state index contributed by atoms with van der Waals surface area (Å²) in [6.07, 6.45) is 1.22. The Balaban J connectivity index is 1.19. The van der Waals surface area contributed by atoms with Crippen molar-refractivity contribution in [3.8, 4) is 5.75 Å². The number of amides is 1. The zero-order valence-corrected chi connectivity index (χ0v) is 24.8. The van der Waals surface area contributed by atoms with Gasteiger partial charge in [0.15, 0.2) is 0 Å². The van der Waals surface area contributed by atoms with E-state index in [1.807, 2.05) is 42.5 Å². The molecule has 6 rings (SSSR count). The molecule has 3 aromatic carbocycles. The highest BCUT2D eigenvalue weighted by molar-refractivity contribution is 7.17. The average Bonchev–Trinajstić information content (AvgIpc) is 3.56. The summed E-state index contributed by atoms with van der Waals surface area (Å²) >= 11 is 1.12. The van der Waals surface area contributed by atoms with Crippen LogP contribution in [0.2, 0.25) is 0 Å². The van der Waals surface area contributed by atoms with Crippen molar-refractivity contribution in [2.75, 3.05) is 25.5 Å². The minimum absolute atomic E-state index is 0.0344. The summed E-state index contributed by atoms with van der Waals surface area (Å²) in [4.78, 5) is 38.4. The lowest BCUT2D eigenvalue weighted by molar-refractivity contribution is -0.147. The third-order valence-electron chi connectivity index (χ3n) is 7.99. The first kappa shape index (κ1) is 29.4. The number of methoxy groups -OCH3 is 1. The van der Waals surface area contributed by atoms with E-state index in [0.717, 1.165) is 61.4 Å². The minimum Gasteiger partial charge on any atom is -0.497 e. The molecule has 0 aliphatic carbocycles. The van der Waals surface area contributed by atoms with Gasteiger partial charge in [-0.1, -0.05) is 42.5 Å². The molecule has 0 saturated heterocycles. The summed E-state index contributed by atoms with van der Waals surface area (Å²) in [6.45, 7) is 2.40. The van der Waals surface area contributed by atoms with E-state index < -0.39 is 17.8 Å². The molecule has 1 amide bonds. The second-order valence-corrected chi connectivity index (χ2v) is 11.9. The summed E-state index contributed by atoms with van der Waals surface area (Å²) < 4.78 is 11.3. The van der Waals surface area contributed by atoms with Crippen LogP contribution in [0.4, 0.5) is 5.00 Å². The summed E-state index contributed by atoms with van der Waals surface area (Å²) in [5.41, 5.74) is 4.55. The van der Waals surface area contributed by atoms with Gasteiger partial charge in [-0.15, -0.1) is 11.3 Å². The van der Waals surface area contributed by atoms with Crippen LogP contribution in [0, 0.1) is 0 Å². The highest BCUT2D eigenvalue weighted by atomic mass is 32.1. The number of carboxylic acid groups (broad SMARTS) is 2. The van der Waals surface area contributed by atoms with Crippen molar-refractivity contribution in [1.82, 2.24) is 10.2 Å². The Morgan fingerprint density at radius 2 is 1.75 bits per heavy atom. The number of thiophene rings is 1. The number of nitrogens with one attached hydrogen (secondary N) is 2. The van der Waals surface area contributed by atoms with E-state index in [0.29, 0.717) is 38.2 Å². The van der Waals surface area contributed by atoms with Crippen LogP contribution in [0.25, 0.3) is 21.9 Å². The van der Waals surface area contributed by atoms with Gasteiger partial charge < -0.3 is 30.0 Å². The van der Waals surface area contributed by atoms with Crippen LogP contribution in [-0.4, -0.2) is 59.2 Å². The molecule has 2 aromatic heterocycles. The molecule has 4 N–H and O–H groups in total. The lowest BCUT2D eigenvalue weighted by Gasteiger charge is -2.36. The standard InChI is InChI=1S/C33H31N3O7S/c1-42-22-9-6-20(7-10-22)17-36-18-28-25(29(32(38)39)31(44-28)35-30(37)33(40)41)15-21(36)16-34-13-12-19-8-11-24-23-4-2-3-5-26(23)43-27(24)14-19/h2-11,14,21,34H,12-13,15-18H2,1H3,(H,35,37)(H,38,39)(H,40,41). The Hall–Kier alpha value is -4.71. The zero-order valence-electron chi connectivity index (χ0n) is 24.0. The third-order valence-corrected chi connectivity index (χ3v) is 9.12. The number of furan rings is 1. The lowest BCUT2D eigenvalue weighted by Crippen LogP contribution is -2.46. The number of anilines is 1. The monoisotopic (exact) mass is 613 g/mol. The molecule has 1 atom stereocenters. The van der Waals surface area contributed by atoms with Crippen LogP contribution in [0.1, 0.15) is 31.9 Å². The van der Waals surface area contributed by atoms with Crippen molar-refractivity contribution in [1.29, 1.82) is 0 Å². The molecule has 3 heterocycles. The van der Waals surface area contributed by atoms with E-state index in [2.05, 4.69) is 39.8 Å². The second kappa shape index (κ2) is 12.5. The average molecular weight is 614 g/mol. The van der Waals surface area contributed by atoms with E-state index in [4.69, 9.17) is 14.3 Å². The van der Waals surface area contributed by atoms with Gasteiger partial charge in [-0.2, -0.15) is 0 Å². The van der Waals surface area contributed by atoms with Crippen molar-refractivity contribution in [3.05, 3.63) is 93.9 Å². The van der Waals surface area contributed by atoms with Gasteiger partial charge in [0, 0.05) is 41.3 Å². The highest BCUT2D eigenvalue weighted by Crippen LogP contribution is 2.39.